The maximum absolute atomic E-state index is 11.9. The summed E-state index contributed by atoms with van der Waals surface area (Å²) in [5.74, 6) is 1.50. The smallest absolute Gasteiger partial charge is 0.315 e. The molecule has 2 fully saturated rings. The number of nitriles is 1. The first-order valence-electron chi connectivity index (χ1n) is 7.14. The standard InChI is InChI=1S/C15H18N4O/c16-8-13-6-11(3-4-17-13)9-18-15(20)19-14-7-10-1-2-12(14)5-10/h3-4,6,10,12,14H,1-2,5,7,9H2,(H2,18,19,20)/t10-,12+,14?/m1/s1. The molecule has 2 bridgehead atoms. The van der Waals surface area contributed by atoms with Gasteiger partial charge in [-0.1, -0.05) is 6.42 Å². The zero-order chi connectivity index (χ0) is 13.9. The van der Waals surface area contributed by atoms with E-state index in [1.807, 2.05) is 6.07 Å². The predicted molar refractivity (Wildman–Crippen MR) is 73.6 cm³/mol. The second kappa shape index (κ2) is 5.49. The molecule has 2 aliphatic rings. The third-order valence-corrected chi connectivity index (χ3v) is 4.45. The largest absolute Gasteiger partial charge is 0.335 e. The summed E-state index contributed by atoms with van der Waals surface area (Å²) in [6.45, 7) is 0.420. The van der Waals surface area contributed by atoms with E-state index in [2.05, 4.69) is 15.6 Å². The number of urea groups is 1. The molecular formula is C15H18N4O. The normalized spacial score (nSPS) is 27.1. The van der Waals surface area contributed by atoms with Crippen LogP contribution >= 0.6 is 0 Å². The van der Waals surface area contributed by atoms with Gasteiger partial charge in [0.05, 0.1) is 0 Å². The fraction of sp³-hybridized carbons (Fsp3) is 0.533. The van der Waals surface area contributed by atoms with Gasteiger partial charge in [0.2, 0.25) is 0 Å². The zero-order valence-electron chi connectivity index (χ0n) is 11.3. The van der Waals surface area contributed by atoms with Crippen molar-refractivity contribution in [3.63, 3.8) is 0 Å². The van der Waals surface area contributed by atoms with Crippen molar-refractivity contribution in [2.45, 2.75) is 38.3 Å². The van der Waals surface area contributed by atoms with Crippen molar-refractivity contribution in [1.29, 1.82) is 5.26 Å². The Morgan fingerprint density at radius 2 is 2.35 bits per heavy atom. The number of aromatic nitrogens is 1. The monoisotopic (exact) mass is 270 g/mol. The Morgan fingerprint density at radius 3 is 3.05 bits per heavy atom. The van der Waals surface area contributed by atoms with Gasteiger partial charge in [-0.25, -0.2) is 9.78 Å². The van der Waals surface area contributed by atoms with Crippen LogP contribution in [-0.2, 0) is 6.54 Å². The number of amides is 2. The number of hydrogen-bond donors (Lipinski definition) is 2. The Labute approximate surface area is 118 Å². The molecule has 1 aromatic rings. The summed E-state index contributed by atoms with van der Waals surface area (Å²) in [6, 6.07) is 5.72. The Hall–Kier alpha value is -2.09. The number of carbonyl (C=O) groups is 1. The van der Waals surface area contributed by atoms with Crippen LogP contribution in [0.2, 0.25) is 0 Å². The quantitative estimate of drug-likeness (QED) is 0.881. The number of fused-ring (bicyclic) bond motifs is 2. The molecule has 0 saturated heterocycles. The van der Waals surface area contributed by atoms with E-state index in [1.54, 1.807) is 18.3 Å². The van der Waals surface area contributed by atoms with E-state index in [9.17, 15) is 4.79 Å². The summed E-state index contributed by atoms with van der Waals surface area (Å²) in [6.07, 6.45) is 6.58. The number of hydrogen-bond acceptors (Lipinski definition) is 3. The Kier molecular flexibility index (Phi) is 3.55. The number of nitrogens with zero attached hydrogens (tertiary/aromatic N) is 2. The van der Waals surface area contributed by atoms with Gasteiger partial charge in [-0.3, -0.25) is 0 Å². The highest BCUT2D eigenvalue weighted by atomic mass is 16.2. The molecule has 0 spiro atoms. The molecule has 20 heavy (non-hydrogen) atoms. The molecule has 3 atom stereocenters. The third kappa shape index (κ3) is 2.74. The van der Waals surface area contributed by atoms with Gasteiger partial charge >= 0.3 is 6.03 Å². The summed E-state index contributed by atoms with van der Waals surface area (Å²) in [7, 11) is 0. The fourth-order valence-electron chi connectivity index (χ4n) is 3.47. The average molecular weight is 270 g/mol. The van der Waals surface area contributed by atoms with Gasteiger partial charge < -0.3 is 10.6 Å². The minimum atomic E-state index is -0.113. The van der Waals surface area contributed by atoms with Crippen molar-refractivity contribution in [3.05, 3.63) is 29.6 Å². The van der Waals surface area contributed by atoms with Gasteiger partial charge in [0.1, 0.15) is 11.8 Å². The zero-order valence-corrected chi connectivity index (χ0v) is 11.3. The van der Waals surface area contributed by atoms with Crippen LogP contribution in [0.15, 0.2) is 18.3 Å². The molecule has 1 heterocycles. The number of carbonyl (C=O) groups excluding carboxylic acids is 1. The van der Waals surface area contributed by atoms with Crippen LogP contribution < -0.4 is 10.6 Å². The molecule has 5 heteroatoms. The molecule has 1 aromatic heterocycles. The first-order chi connectivity index (χ1) is 9.74. The Morgan fingerprint density at radius 1 is 1.45 bits per heavy atom. The lowest BCUT2D eigenvalue weighted by Crippen LogP contribution is -2.44. The van der Waals surface area contributed by atoms with E-state index in [0.29, 0.717) is 24.2 Å². The van der Waals surface area contributed by atoms with E-state index >= 15 is 0 Å². The maximum atomic E-state index is 11.9. The summed E-state index contributed by atoms with van der Waals surface area (Å²) in [5, 5.41) is 14.7. The highest BCUT2D eigenvalue weighted by Crippen LogP contribution is 2.44. The fourth-order valence-corrected chi connectivity index (χ4v) is 3.47. The predicted octanol–water partition coefficient (Wildman–Crippen LogP) is 1.94. The second-order valence-corrected chi connectivity index (χ2v) is 5.77. The van der Waals surface area contributed by atoms with E-state index in [1.165, 1.54) is 19.3 Å². The van der Waals surface area contributed by atoms with Gasteiger partial charge in [-0.15, -0.1) is 0 Å². The van der Waals surface area contributed by atoms with Crippen LogP contribution in [0, 0.1) is 23.2 Å². The first kappa shape index (κ1) is 12.9. The van der Waals surface area contributed by atoms with Gasteiger partial charge in [-0.05, 0) is 48.8 Å². The molecule has 2 aliphatic carbocycles. The van der Waals surface area contributed by atoms with Crippen molar-refractivity contribution >= 4 is 6.03 Å². The topological polar surface area (TPSA) is 77.8 Å². The lowest BCUT2D eigenvalue weighted by atomic mass is 9.95. The second-order valence-electron chi connectivity index (χ2n) is 5.77. The van der Waals surface area contributed by atoms with Crippen LogP contribution in [0.4, 0.5) is 4.79 Å². The van der Waals surface area contributed by atoms with Crippen molar-refractivity contribution in [2.24, 2.45) is 11.8 Å². The summed E-state index contributed by atoms with van der Waals surface area (Å²) in [4.78, 5) is 15.8. The first-order valence-corrected chi connectivity index (χ1v) is 7.14. The van der Waals surface area contributed by atoms with Gasteiger partial charge in [-0.2, -0.15) is 5.26 Å². The van der Waals surface area contributed by atoms with Crippen molar-refractivity contribution < 1.29 is 4.79 Å². The van der Waals surface area contributed by atoms with Crippen LogP contribution in [0.3, 0.4) is 0 Å². The average Bonchev–Trinajstić information content (AvgIpc) is 3.08. The van der Waals surface area contributed by atoms with E-state index < -0.39 is 0 Å². The molecule has 2 N–H and O–H groups in total. The molecule has 104 valence electrons. The van der Waals surface area contributed by atoms with Crippen LogP contribution in [0.5, 0.6) is 0 Å². The number of rotatable bonds is 3. The lowest BCUT2D eigenvalue weighted by Gasteiger charge is -2.23. The SMILES string of the molecule is N#Cc1cc(CNC(=O)NC2C[C@@H]3CC[C@H]2C3)ccn1. The molecule has 5 nitrogen and oxygen atoms in total. The Bertz CT molecular complexity index is 551. The van der Waals surface area contributed by atoms with Crippen molar-refractivity contribution in [3.8, 4) is 6.07 Å². The summed E-state index contributed by atoms with van der Waals surface area (Å²) < 4.78 is 0. The molecule has 2 saturated carbocycles. The highest BCUT2D eigenvalue weighted by molar-refractivity contribution is 5.74. The van der Waals surface area contributed by atoms with Gasteiger partial charge in [0.15, 0.2) is 0 Å². The van der Waals surface area contributed by atoms with E-state index in [4.69, 9.17) is 5.26 Å². The van der Waals surface area contributed by atoms with Crippen LogP contribution in [-0.4, -0.2) is 17.1 Å². The van der Waals surface area contributed by atoms with Gasteiger partial charge in [0.25, 0.3) is 0 Å². The number of nitrogens with one attached hydrogen (secondary N) is 2. The number of pyridine rings is 1. The third-order valence-electron chi connectivity index (χ3n) is 4.45. The van der Waals surface area contributed by atoms with Crippen LogP contribution in [0.25, 0.3) is 0 Å². The highest BCUT2D eigenvalue weighted by Gasteiger charge is 2.40. The van der Waals surface area contributed by atoms with E-state index in [0.717, 1.165) is 17.9 Å². The molecule has 0 aliphatic heterocycles. The maximum Gasteiger partial charge on any atom is 0.315 e. The molecule has 1 unspecified atom stereocenters. The molecule has 0 radical (unpaired) electrons. The molecule has 3 rings (SSSR count). The lowest BCUT2D eigenvalue weighted by molar-refractivity contribution is 0.230. The molecule has 2 amide bonds. The van der Waals surface area contributed by atoms with Crippen molar-refractivity contribution in [1.82, 2.24) is 15.6 Å². The Balaban J connectivity index is 1.48. The summed E-state index contributed by atoms with van der Waals surface area (Å²) in [5.41, 5.74) is 1.26. The van der Waals surface area contributed by atoms with E-state index in [-0.39, 0.29) is 6.03 Å². The van der Waals surface area contributed by atoms with Crippen LogP contribution in [0.1, 0.15) is 36.9 Å². The van der Waals surface area contributed by atoms with Crippen molar-refractivity contribution in [2.75, 3.05) is 0 Å². The molecule has 0 aromatic carbocycles. The minimum absolute atomic E-state index is 0.113. The van der Waals surface area contributed by atoms with Gasteiger partial charge in [0, 0.05) is 18.8 Å². The minimum Gasteiger partial charge on any atom is -0.335 e. The summed E-state index contributed by atoms with van der Waals surface area (Å²) >= 11 is 0. The molecular weight excluding hydrogens is 252 g/mol.